The smallest absolute Gasteiger partial charge is 0.408 e. The lowest BCUT2D eigenvalue weighted by Crippen LogP contribution is -2.40. The van der Waals surface area contributed by atoms with Gasteiger partial charge in [-0.05, 0) is 20.8 Å². The van der Waals surface area contributed by atoms with E-state index in [2.05, 4.69) is 14.4 Å². The Hall–Kier alpha value is -0.910. The van der Waals surface area contributed by atoms with Crippen LogP contribution in [-0.4, -0.2) is 38.0 Å². The maximum atomic E-state index is 11.8. The first-order valence-electron chi connectivity index (χ1n) is 4.84. The Labute approximate surface area is 100 Å². The van der Waals surface area contributed by atoms with Crippen molar-refractivity contribution in [2.45, 2.75) is 32.2 Å². The van der Waals surface area contributed by atoms with Crippen molar-refractivity contribution < 1.29 is 27.9 Å². The zero-order valence-corrected chi connectivity index (χ0v) is 11.4. The average molecular weight is 267 g/mol. The fourth-order valence-corrected chi connectivity index (χ4v) is 1.93. The van der Waals surface area contributed by atoms with E-state index in [0.717, 1.165) is 14.2 Å². The molecule has 0 heterocycles. The lowest BCUT2D eigenvalue weighted by Gasteiger charge is -2.24. The van der Waals surface area contributed by atoms with Crippen LogP contribution in [-0.2, 0) is 23.1 Å². The van der Waals surface area contributed by atoms with Crippen LogP contribution in [0.1, 0.15) is 20.8 Å². The molecule has 0 aliphatic rings. The quantitative estimate of drug-likeness (QED) is 0.600. The first-order chi connectivity index (χ1) is 7.68. The van der Waals surface area contributed by atoms with Gasteiger partial charge in [0.1, 0.15) is 5.60 Å². The average Bonchev–Trinajstić information content (AvgIpc) is 2.22. The maximum Gasteiger partial charge on any atom is 0.408 e. The molecule has 0 aromatic rings. The van der Waals surface area contributed by atoms with Gasteiger partial charge in [-0.2, -0.15) is 0 Å². The van der Waals surface area contributed by atoms with Crippen LogP contribution in [0.2, 0.25) is 0 Å². The highest BCUT2D eigenvalue weighted by molar-refractivity contribution is 7.55. The first-order valence-corrected chi connectivity index (χ1v) is 6.45. The van der Waals surface area contributed by atoms with Gasteiger partial charge in [0.15, 0.2) is 12.1 Å². The summed E-state index contributed by atoms with van der Waals surface area (Å²) in [5, 5.41) is 2.12. The van der Waals surface area contributed by atoms with Gasteiger partial charge in [-0.1, -0.05) is 0 Å². The largest absolute Gasteiger partial charge is 0.444 e. The van der Waals surface area contributed by atoms with E-state index in [1.54, 1.807) is 20.8 Å². The van der Waals surface area contributed by atoms with E-state index >= 15 is 0 Å². The Balaban J connectivity index is 4.67. The third kappa shape index (κ3) is 5.30. The minimum Gasteiger partial charge on any atom is -0.444 e. The van der Waals surface area contributed by atoms with Gasteiger partial charge in [0.25, 0.3) is 0 Å². The van der Waals surface area contributed by atoms with Crippen molar-refractivity contribution in [3.63, 3.8) is 0 Å². The van der Waals surface area contributed by atoms with Gasteiger partial charge in [0.05, 0.1) is 0 Å². The van der Waals surface area contributed by atoms with Gasteiger partial charge in [-0.15, -0.1) is 0 Å². The molecule has 1 unspecified atom stereocenters. The van der Waals surface area contributed by atoms with Crippen molar-refractivity contribution in [2.24, 2.45) is 0 Å². The van der Waals surface area contributed by atoms with Crippen molar-refractivity contribution in [3.8, 4) is 0 Å². The minimum atomic E-state index is -3.69. The van der Waals surface area contributed by atoms with Crippen molar-refractivity contribution in [3.05, 3.63) is 0 Å². The van der Waals surface area contributed by atoms with Crippen LogP contribution in [0.15, 0.2) is 0 Å². The Morgan fingerprint density at radius 2 is 1.76 bits per heavy atom. The molecule has 0 fully saturated rings. The molecule has 8 heteroatoms. The fourth-order valence-electron chi connectivity index (χ4n) is 0.918. The number of hydrogen-bond donors (Lipinski definition) is 1. The second-order valence-corrected chi connectivity index (χ2v) is 6.50. The van der Waals surface area contributed by atoms with Gasteiger partial charge >= 0.3 is 13.7 Å². The van der Waals surface area contributed by atoms with E-state index in [0.29, 0.717) is 0 Å². The van der Waals surface area contributed by atoms with E-state index in [1.165, 1.54) is 0 Å². The number of ether oxygens (including phenoxy) is 1. The number of carbonyl (C=O) groups excluding carboxylic acids is 2. The van der Waals surface area contributed by atoms with E-state index in [9.17, 15) is 14.2 Å². The molecule has 0 aliphatic carbocycles. The molecule has 1 N–H and O–H groups in total. The molecule has 0 saturated carbocycles. The Bertz CT molecular complexity index is 316. The number of nitrogens with one attached hydrogen (secondary N) is 1. The molecule has 1 amide bonds. The maximum absolute atomic E-state index is 11.8. The van der Waals surface area contributed by atoms with Crippen LogP contribution in [0.3, 0.4) is 0 Å². The molecule has 100 valence electrons. The van der Waals surface area contributed by atoms with Gasteiger partial charge in [-0.25, -0.2) is 4.79 Å². The molecule has 1 atom stereocenters. The SMILES string of the molecule is COP(=O)(OC)C(C=O)NC(=O)OC(C)(C)C. The highest BCUT2D eigenvalue weighted by atomic mass is 31.2. The summed E-state index contributed by atoms with van der Waals surface area (Å²) in [5.41, 5.74) is -0.721. The number of rotatable bonds is 5. The van der Waals surface area contributed by atoms with Gasteiger partial charge in [-0.3, -0.25) is 4.57 Å². The van der Waals surface area contributed by atoms with Crippen LogP contribution >= 0.6 is 7.60 Å². The Morgan fingerprint density at radius 3 is 2.06 bits per heavy atom. The van der Waals surface area contributed by atoms with Crippen LogP contribution in [0.4, 0.5) is 4.79 Å². The molecule has 0 rings (SSSR count). The van der Waals surface area contributed by atoms with Crippen molar-refractivity contribution in [1.29, 1.82) is 0 Å². The summed E-state index contributed by atoms with van der Waals surface area (Å²) in [6.45, 7) is 4.98. The summed E-state index contributed by atoms with van der Waals surface area (Å²) in [7, 11) is -1.45. The van der Waals surface area contributed by atoms with Crippen molar-refractivity contribution >= 4 is 20.0 Å². The predicted octanol–water partition coefficient (Wildman–Crippen LogP) is 1.52. The van der Waals surface area contributed by atoms with Gasteiger partial charge in [0.2, 0.25) is 0 Å². The molecule has 0 aromatic carbocycles. The summed E-state index contributed by atoms with van der Waals surface area (Å²) in [4.78, 5) is 22.2. The summed E-state index contributed by atoms with van der Waals surface area (Å²) < 4.78 is 26.0. The molecule has 0 aliphatic heterocycles. The normalized spacial score (nSPS) is 13.9. The summed E-state index contributed by atoms with van der Waals surface area (Å²) in [6.07, 6.45) is -0.596. The third-order valence-electron chi connectivity index (χ3n) is 1.64. The first kappa shape index (κ1) is 16.1. The molecule has 0 aromatic heterocycles. The lowest BCUT2D eigenvalue weighted by molar-refractivity contribution is -0.108. The van der Waals surface area contributed by atoms with Crippen molar-refractivity contribution in [1.82, 2.24) is 5.32 Å². The summed E-state index contributed by atoms with van der Waals surface area (Å²) in [5.74, 6) is -1.40. The highest BCUT2D eigenvalue weighted by Gasteiger charge is 2.36. The van der Waals surface area contributed by atoms with Gasteiger partial charge < -0.3 is 23.9 Å². The van der Waals surface area contributed by atoms with E-state index in [4.69, 9.17) is 4.74 Å². The molecule has 0 saturated heterocycles. The standard InChI is InChI=1S/C9H18NO6P/c1-9(2,3)16-8(12)10-7(6-11)17(13,14-4)15-5/h6-7H,1-5H3,(H,10,12). The Kier molecular flexibility index (Phi) is 5.81. The van der Waals surface area contributed by atoms with Gasteiger partial charge in [0, 0.05) is 14.2 Å². The number of hydrogen-bond acceptors (Lipinski definition) is 6. The van der Waals surface area contributed by atoms with E-state index in [-0.39, 0.29) is 6.29 Å². The summed E-state index contributed by atoms with van der Waals surface area (Å²) in [6, 6.07) is 0. The molecule has 0 bridgehead atoms. The third-order valence-corrected chi connectivity index (χ3v) is 3.59. The molecule has 17 heavy (non-hydrogen) atoms. The van der Waals surface area contributed by atoms with E-state index < -0.39 is 25.1 Å². The second kappa shape index (κ2) is 6.14. The predicted molar refractivity (Wildman–Crippen MR) is 60.8 cm³/mol. The second-order valence-electron chi connectivity index (χ2n) is 4.13. The monoisotopic (exact) mass is 267 g/mol. The molecule has 0 radical (unpaired) electrons. The van der Waals surface area contributed by atoms with Crippen LogP contribution in [0.5, 0.6) is 0 Å². The number of alkyl carbamates (subject to hydrolysis) is 1. The van der Waals surface area contributed by atoms with Crippen molar-refractivity contribution in [2.75, 3.05) is 14.2 Å². The molecule has 0 spiro atoms. The van der Waals surface area contributed by atoms with E-state index in [1.807, 2.05) is 0 Å². The molecular weight excluding hydrogens is 249 g/mol. The van der Waals surface area contributed by atoms with Crippen LogP contribution < -0.4 is 5.32 Å². The number of carbonyl (C=O) groups is 2. The number of aldehydes is 1. The number of amides is 1. The fraction of sp³-hybridized carbons (Fsp3) is 0.778. The molecule has 7 nitrogen and oxygen atoms in total. The zero-order valence-electron chi connectivity index (χ0n) is 10.6. The molecular formula is C9H18NO6P. The van der Waals surface area contributed by atoms with Crippen LogP contribution in [0.25, 0.3) is 0 Å². The minimum absolute atomic E-state index is 0.275. The highest BCUT2D eigenvalue weighted by Crippen LogP contribution is 2.49. The summed E-state index contributed by atoms with van der Waals surface area (Å²) >= 11 is 0. The topological polar surface area (TPSA) is 90.9 Å². The lowest BCUT2D eigenvalue weighted by atomic mass is 10.2. The van der Waals surface area contributed by atoms with Crippen LogP contribution in [0, 0.1) is 0 Å². The Morgan fingerprint density at radius 1 is 1.29 bits per heavy atom. The zero-order chi connectivity index (χ0) is 13.7.